The van der Waals surface area contributed by atoms with E-state index in [2.05, 4.69) is 5.14 Å². The van der Waals surface area contributed by atoms with E-state index < -0.39 is 38.1 Å². The monoisotopic (exact) mass is 289 g/mol. The molecule has 3 nitrogen and oxygen atoms in total. The van der Waals surface area contributed by atoms with Crippen molar-refractivity contribution in [2.24, 2.45) is 5.14 Å². The minimum absolute atomic E-state index is 0.189. The van der Waals surface area contributed by atoms with E-state index in [9.17, 15) is 30.4 Å². The number of sulfonamides is 1. The summed E-state index contributed by atoms with van der Waals surface area (Å²) in [7, 11) is -4.50. The van der Waals surface area contributed by atoms with Gasteiger partial charge in [-0.1, -0.05) is 0 Å². The number of benzene rings is 1. The van der Waals surface area contributed by atoms with Crippen LogP contribution in [0.4, 0.5) is 22.0 Å². The summed E-state index contributed by atoms with van der Waals surface area (Å²) in [6.07, 6.45) is -4.94. The molecule has 102 valence electrons. The van der Waals surface area contributed by atoms with Crippen LogP contribution in [-0.2, 0) is 22.1 Å². The Hall–Kier alpha value is -1.22. The third kappa shape index (κ3) is 3.39. The third-order valence-electron chi connectivity index (χ3n) is 2.07. The molecule has 0 aliphatic carbocycles. The van der Waals surface area contributed by atoms with E-state index in [1.54, 1.807) is 0 Å². The van der Waals surface area contributed by atoms with Gasteiger partial charge in [-0.25, -0.2) is 22.3 Å². The molecule has 9 heteroatoms. The Labute approximate surface area is 99.5 Å². The van der Waals surface area contributed by atoms with Gasteiger partial charge in [-0.05, 0) is 18.2 Å². The maximum absolute atomic E-state index is 13.0. The van der Waals surface area contributed by atoms with Gasteiger partial charge in [0, 0.05) is 12.5 Å². The largest absolute Gasteiger partial charge is 0.416 e. The third-order valence-corrected chi connectivity index (χ3v) is 2.96. The van der Waals surface area contributed by atoms with Gasteiger partial charge in [0.05, 0.1) is 10.5 Å². The van der Waals surface area contributed by atoms with Crippen molar-refractivity contribution < 1.29 is 30.4 Å². The minimum atomic E-state index is -4.94. The highest BCUT2D eigenvalue weighted by Gasteiger charge is 2.35. The Kier molecular flexibility index (Phi) is 3.43. The van der Waals surface area contributed by atoms with Gasteiger partial charge >= 0.3 is 6.18 Å². The molecule has 0 heterocycles. The molecule has 0 atom stereocenters. The van der Waals surface area contributed by atoms with Crippen molar-refractivity contribution in [3.8, 4) is 0 Å². The standard InChI is InChI=1S/C9H8F5NO2S/c1-8(10,11)5-2-6(9(12,13)14)4-7(3-5)18(15,16)17/h2-4H,1H3,(H2,15,16,17). The second-order valence-corrected chi connectivity index (χ2v) is 5.24. The van der Waals surface area contributed by atoms with Crippen molar-refractivity contribution in [3.63, 3.8) is 0 Å². The molecule has 18 heavy (non-hydrogen) atoms. The van der Waals surface area contributed by atoms with E-state index in [1.165, 1.54) is 0 Å². The lowest BCUT2D eigenvalue weighted by Gasteiger charge is -2.15. The van der Waals surface area contributed by atoms with Crippen LogP contribution in [0.15, 0.2) is 23.1 Å². The molecule has 0 saturated heterocycles. The lowest BCUT2D eigenvalue weighted by atomic mass is 10.1. The summed E-state index contributed by atoms with van der Waals surface area (Å²) in [6, 6.07) is 0.823. The van der Waals surface area contributed by atoms with Gasteiger partial charge in [0.1, 0.15) is 0 Å². The molecule has 0 aliphatic heterocycles. The fourth-order valence-corrected chi connectivity index (χ4v) is 1.76. The van der Waals surface area contributed by atoms with E-state index in [1.807, 2.05) is 0 Å². The van der Waals surface area contributed by atoms with Crippen LogP contribution in [0, 0.1) is 0 Å². The molecule has 0 spiro atoms. The van der Waals surface area contributed by atoms with Crippen molar-refractivity contribution >= 4 is 10.0 Å². The van der Waals surface area contributed by atoms with Crippen LogP contribution in [0.3, 0.4) is 0 Å². The quantitative estimate of drug-likeness (QED) is 0.850. The molecule has 1 aromatic carbocycles. The average molecular weight is 289 g/mol. The fraction of sp³-hybridized carbons (Fsp3) is 0.333. The van der Waals surface area contributed by atoms with Crippen LogP contribution in [0.2, 0.25) is 0 Å². The number of hydrogen-bond donors (Lipinski definition) is 1. The first-order valence-corrected chi connectivity index (χ1v) is 6.00. The molecule has 0 amide bonds. The zero-order chi connectivity index (χ0) is 14.4. The first-order chi connectivity index (χ1) is 7.82. The molecule has 0 aliphatic rings. The highest BCUT2D eigenvalue weighted by atomic mass is 32.2. The van der Waals surface area contributed by atoms with E-state index >= 15 is 0 Å². The molecule has 2 N–H and O–H groups in total. The normalized spacial score (nSPS) is 13.7. The molecule has 1 rings (SSSR count). The Bertz CT molecular complexity index is 527. The lowest BCUT2D eigenvalue weighted by molar-refractivity contribution is -0.138. The smallest absolute Gasteiger partial charge is 0.225 e. The topological polar surface area (TPSA) is 60.2 Å². The van der Waals surface area contributed by atoms with Crippen molar-refractivity contribution in [1.29, 1.82) is 0 Å². The lowest BCUT2D eigenvalue weighted by Crippen LogP contribution is -2.17. The Morgan fingerprint density at radius 2 is 1.44 bits per heavy atom. The van der Waals surface area contributed by atoms with Crippen molar-refractivity contribution in [3.05, 3.63) is 29.3 Å². The summed E-state index contributed by atoms with van der Waals surface area (Å²) in [6.45, 7) is 0.357. The van der Waals surface area contributed by atoms with E-state index in [0.29, 0.717) is 13.0 Å². The molecular formula is C9H8F5NO2S. The zero-order valence-corrected chi connectivity index (χ0v) is 9.74. The first kappa shape index (κ1) is 14.8. The number of alkyl halides is 5. The summed E-state index contributed by atoms with van der Waals surface area (Å²) in [5.74, 6) is -3.61. The van der Waals surface area contributed by atoms with Crippen LogP contribution in [0.1, 0.15) is 18.1 Å². The molecule has 0 radical (unpaired) electrons. The Balaban J connectivity index is 3.60. The van der Waals surface area contributed by atoms with Crippen LogP contribution < -0.4 is 5.14 Å². The highest BCUT2D eigenvalue weighted by molar-refractivity contribution is 7.89. The summed E-state index contributed by atoms with van der Waals surface area (Å²) in [4.78, 5) is -1.01. The number of halogens is 5. The Morgan fingerprint density at radius 3 is 1.78 bits per heavy atom. The molecule has 0 fully saturated rings. The molecule has 0 aromatic heterocycles. The van der Waals surface area contributed by atoms with Crippen molar-refractivity contribution in [2.75, 3.05) is 0 Å². The maximum Gasteiger partial charge on any atom is 0.416 e. The molecule has 0 saturated carbocycles. The highest BCUT2D eigenvalue weighted by Crippen LogP contribution is 2.36. The number of hydrogen-bond acceptors (Lipinski definition) is 2. The van der Waals surface area contributed by atoms with Crippen LogP contribution in [-0.4, -0.2) is 8.42 Å². The van der Waals surface area contributed by atoms with Gasteiger partial charge < -0.3 is 0 Å². The second-order valence-electron chi connectivity index (χ2n) is 3.68. The summed E-state index contributed by atoms with van der Waals surface area (Å²) >= 11 is 0. The summed E-state index contributed by atoms with van der Waals surface area (Å²) in [5, 5.41) is 4.64. The van der Waals surface area contributed by atoms with E-state index in [-0.39, 0.29) is 12.1 Å². The SMILES string of the molecule is CC(F)(F)c1cc(C(F)(F)F)cc(S(N)(=O)=O)c1. The minimum Gasteiger partial charge on any atom is -0.225 e. The summed E-state index contributed by atoms with van der Waals surface area (Å²) in [5.41, 5.74) is -2.56. The van der Waals surface area contributed by atoms with Gasteiger partial charge in [0.15, 0.2) is 0 Å². The van der Waals surface area contributed by atoms with Crippen LogP contribution in [0.5, 0.6) is 0 Å². The maximum atomic E-state index is 13.0. The van der Waals surface area contributed by atoms with Crippen LogP contribution >= 0.6 is 0 Å². The van der Waals surface area contributed by atoms with E-state index in [4.69, 9.17) is 0 Å². The number of nitrogens with two attached hydrogens (primary N) is 1. The van der Waals surface area contributed by atoms with Gasteiger partial charge in [-0.15, -0.1) is 0 Å². The van der Waals surface area contributed by atoms with Gasteiger partial charge in [-0.3, -0.25) is 0 Å². The summed E-state index contributed by atoms with van der Waals surface area (Å²) < 4.78 is 85.2. The predicted molar refractivity (Wildman–Crippen MR) is 52.4 cm³/mol. The molecule has 1 aromatic rings. The predicted octanol–water partition coefficient (Wildman–Crippen LogP) is 2.46. The van der Waals surface area contributed by atoms with Crippen LogP contribution in [0.25, 0.3) is 0 Å². The van der Waals surface area contributed by atoms with Gasteiger partial charge in [0.25, 0.3) is 5.92 Å². The van der Waals surface area contributed by atoms with E-state index in [0.717, 1.165) is 0 Å². The van der Waals surface area contributed by atoms with Crippen molar-refractivity contribution in [1.82, 2.24) is 0 Å². The first-order valence-electron chi connectivity index (χ1n) is 4.45. The molecule has 0 bridgehead atoms. The average Bonchev–Trinajstić information content (AvgIpc) is 2.13. The van der Waals surface area contributed by atoms with Gasteiger partial charge in [0.2, 0.25) is 10.0 Å². The fourth-order valence-electron chi connectivity index (χ4n) is 1.18. The van der Waals surface area contributed by atoms with Gasteiger partial charge in [-0.2, -0.15) is 13.2 Å². The van der Waals surface area contributed by atoms with Crippen molar-refractivity contribution in [2.45, 2.75) is 23.9 Å². The second kappa shape index (κ2) is 4.16. The number of primary sulfonamides is 1. The molecular weight excluding hydrogens is 281 g/mol. The number of rotatable bonds is 2. The Morgan fingerprint density at radius 1 is 1.00 bits per heavy atom. The molecule has 0 unspecified atom stereocenters. The zero-order valence-electron chi connectivity index (χ0n) is 8.92.